The number of hydrogen-bond acceptors (Lipinski definition) is 3. The van der Waals surface area contributed by atoms with E-state index in [2.05, 4.69) is 6.07 Å². The average molecular weight is 260 g/mol. The lowest BCUT2D eigenvalue weighted by atomic mass is 9.91. The Morgan fingerprint density at radius 3 is 2.68 bits per heavy atom. The molecule has 0 fully saturated rings. The quantitative estimate of drug-likeness (QED) is 0.783. The second-order valence-corrected chi connectivity index (χ2v) is 5.19. The highest BCUT2D eigenvalue weighted by Crippen LogP contribution is 2.31. The largest absolute Gasteiger partial charge is 0.305 e. The molecule has 0 N–H and O–H groups in total. The molecule has 5 heteroatoms. The number of Topliss-reactive ketones (excluding diaryl/α,β-unsaturated/α-hetero) is 1. The molecule has 0 radical (unpaired) electrons. The van der Waals surface area contributed by atoms with E-state index < -0.39 is 22.9 Å². The molecular weight excluding hydrogens is 247 g/mol. The van der Waals surface area contributed by atoms with Crippen molar-refractivity contribution in [2.24, 2.45) is 5.41 Å². The molecule has 0 aliphatic carbocycles. The van der Waals surface area contributed by atoms with Gasteiger partial charge in [0.25, 0.3) is 11.7 Å². The van der Waals surface area contributed by atoms with Gasteiger partial charge >= 0.3 is 0 Å². The lowest BCUT2D eigenvalue weighted by Gasteiger charge is -2.21. The molecule has 1 aliphatic heterocycles. The van der Waals surface area contributed by atoms with Crippen LogP contribution >= 0.6 is 0 Å². The fourth-order valence-electron chi connectivity index (χ4n) is 1.94. The highest BCUT2D eigenvalue weighted by atomic mass is 19.1. The van der Waals surface area contributed by atoms with Crippen LogP contribution in [0, 0.1) is 22.6 Å². The van der Waals surface area contributed by atoms with Crippen LogP contribution in [0.25, 0.3) is 0 Å². The number of anilines is 1. The molecule has 1 aromatic rings. The molecule has 1 aliphatic rings. The third-order valence-electron chi connectivity index (χ3n) is 3.20. The lowest BCUT2D eigenvalue weighted by Crippen LogP contribution is -2.32. The van der Waals surface area contributed by atoms with Crippen molar-refractivity contribution in [3.8, 4) is 6.07 Å². The monoisotopic (exact) mass is 260 g/mol. The van der Waals surface area contributed by atoms with Crippen LogP contribution in [0.3, 0.4) is 0 Å². The highest BCUT2D eigenvalue weighted by molar-refractivity contribution is 6.52. The number of rotatable bonds is 3. The van der Waals surface area contributed by atoms with E-state index in [1.165, 1.54) is 17.0 Å². The summed E-state index contributed by atoms with van der Waals surface area (Å²) in [6.07, 6.45) is 0.415. The Labute approximate surface area is 110 Å². The summed E-state index contributed by atoms with van der Waals surface area (Å²) in [4.78, 5) is 24.8. The molecule has 1 aromatic carbocycles. The van der Waals surface area contributed by atoms with Gasteiger partial charge in [0.2, 0.25) is 0 Å². The molecule has 4 nitrogen and oxygen atoms in total. The Balaban J connectivity index is 2.29. The van der Waals surface area contributed by atoms with E-state index in [-0.39, 0.29) is 12.1 Å². The molecule has 1 amide bonds. The second kappa shape index (κ2) is 4.47. The molecule has 0 unspecified atom stereocenters. The highest BCUT2D eigenvalue weighted by Gasteiger charge is 2.36. The number of nitrogens with zero attached hydrogens (tertiary/aromatic N) is 2. The van der Waals surface area contributed by atoms with Crippen LogP contribution in [-0.2, 0) is 4.79 Å². The van der Waals surface area contributed by atoms with E-state index in [1.807, 2.05) is 0 Å². The maximum absolute atomic E-state index is 13.2. The number of hydrogen-bond donors (Lipinski definition) is 0. The van der Waals surface area contributed by atoms with Crippen molar-refractivity contribution in [2.75, 3.05) is 11.4 Å². The Hall–Kier alpha value is -2.22. The summed E-state index contributed by atoms with van der Waals surface area (Å²) in [7, 11) is 0. The first-order valence-corrected chi connectivity index (χ1v) is 5.93. The van der Waals surface area contributed by atoms with Gasteiger partial charge in [-0.05, 0) is 38.5 Å². The van der Waals surface area contributed by atoms with Gasteiger partial charge in [0.05, 0.1) is 22.7 Å². The first-order valence-electron chi connectivity index (χ1n) is 5.93. The lowest BCUT2D eigenvalue weighted by molar-refractivity contribution is -0.114. The standard InChI is InChI=1S/C14H13FN2O2/c1-14(2,8-16)5-6-17-11-7-9(15)3-4-10(11)12(18)13(17)19/h3-4,7H,5-6H2,1-2H3. The Morgan fingerprint density at radius 2 is 2.05 bits per heavy atom. The summed E-state index contributed by atoms with van der Waals surface area (Å²) in [5, 5.41) is 8.94. The fourth-order valence-corrected chi connectivity index (χ4v) is 1.94. The van der Waals surface area contributed by atoms with Crippen molar-refractivity contribution < 1.29 is 14.0 Å². The van der Waals surface area contributed by atoms with E-state index in [0.29, 0.717) is 12.1 Å². The van der Waals surface area contributed by atoms with Gasteiger partial charge in [-0.15, -0.1) is 0 Å². The zero-order valence-corrected chi connectivity index (χ0v) is 10.7. The second-order valence-electron chi connectivity index (χ2n) is 5.19. The smallest absolute Gasteiger partial charge is 0.299 e. The number of nitriles is 1. The van der Waals surface area contributed by atoms with Crippen LogP contribution in [0.5, 0.6) is 0 Å². The van der Waals surface area contributed by atoms with Crippen LogP contribution in [0.2, 0.25) is 0 Å². The third kappa shape index (κ3) is 2.34. The maximum atomic E-state index is 13.2. The predicted molar refractivity (Wildman–Crippen MR) is 67.1 cm³/mol. The zero-order valence-electron chi connectivity index (χ0n) is 10.7. The van der Waals surface area contributed by atoms with E-state index in [1.54, 1.807) is 13.8 Å². The van der Waals surface area contributed by atoms with E-state index in [4.69, 9.17) is 5.26 Å². The number of fused-ring (bicyclic) bond motifs is 1. The van der Waals surface area contributed by atoms with Crippen molar-refractivity contribution in [3.63, 3.8) is 0 Å². The van der Waals surface area contributed by atoms with Crippen LogP contribution in [0.15, 0.2) is 18.2 Å². The van der Waals surface area contributed by atoms with Gasteiger partial charge < -0.3 is 4.90 Å². The summed E-state index contributed by atoms with van der Waals surface area (Å²) in [5.74, 6) is -1.77. The minimum Gasteiger partial charge on any atom is -0.305 e. The van der Waals surface area contributed by atoms with Gasteiger partial charge in [-0.3, -0.25) is 9.59 Å². The number of carbonyl (C=O) groups excluding carboxylic acids is 2. The van der Waals surface area contributed by atoms with Gasteiger partial charge in [-0.1, -0.05) is 0 Å². The number of ketones is 1. The minimum atomic E-state index is -0.658. The SMILES string of the molecule is CC(C)(C#N)CCN1C(=O)C(=O)c2ccc(F)cc21. The van der Waals surface area contributed by atoms with Crippen molar-refractivity contribution in [1.82, 2.24) is 0 Å². The van der Waals surface area contributed by atoms with Crippen LogP contribution in [0.4, 0.5) is 10.1 Å². The number of benzene rings is 1. The van der Waals surface area contributed by atoms with E-state index >= 15 is 0 Å². The molecule has 0 bridgehead atoms. The molecule has 0 atom stereocenters. The van der Waals surface area contributed by atoms with Crippen LogP contribution in [-0.4, -0.2) is 18.2 Å². The molecule has 0 saturated carbocycles. The molecule has 1 heterocycles. The van der Waals surface area contributed by atoms with Crippen molar-refractivity contribution in [3.05, 3.63) is 29.6 Å². The summed E-state index contributed by atoms with van der Waals surface area (Å²) < 4.78 is 13.2. The summed E-state index contributed by atoms with van der Waals surface area (Å²) in [6, 6.07) is 5.79. The average Bonchev–Trinajstić information content (AvgIpc) is 2.60. The molecule has 0 saturated heterocycles. The van der Waals surface area contributed by atoms with Gasteiger partial charge in [-0.2, -0.15) is 5.26 Å². The van der Waals surface area contributed by atoms with Gasteiger partial charge in [0, 0.05) is 6.54 Å². The maximum Gasteiger partial charge on any atom is 0.299 e. The molecule has 0 spiro atoms. The number of halogens is 1. The Kier molecular flexibility index (Phi) is 3.11. The Bertz CT molecular complexity index is 602. The minimum absolute atomic E-state index is 0.223. The molecule has 98 valence electrons. The first-order chi connectivity index (χ1) is 8.85. The Morgan fingerprint density at radius 1 is 1.37 bits per heavy atom. The zero-order chi connectivity index (χ0) is 14.2. The van der Waals surface area contributed by atoms with Gasteiger partial charge in [0.1, 0.15) is 5.82 Å². The normalized spacial score (nSPS) is 14.5. The van der Waals surface area contributed by atoms with Crippen LogP contribution < -0.4 is 4.90 Å². The molecule has 19 heavy (non-hydrogen) atoms. The summed E-state index contributed by atoms with van der Waals surface area (Å²) in [6.45, 7) is 3.73. The first kappa shape index (κ1) is 13.2. The fraction of sp³-hybridized carbons (Fsp3) is 0.357. The molecule has 0 aromatic heterocycles. The molecular formula is C14H13FN2O2. The third-order valence-corrected chi connectivity index (χ3v) is 3.20. The van der Waals surface area contributed by atoms with Crippen LogP contribution in [0.1, 0.15) is 30.6 Å². The van der Waals surface area contributed by atoms with Crippen molar-refractivity contribution >= 4 is 17.4 Å². The molecule has 2 rings (SSSR count). The number of carbonyl (C=O) groups is 2. The number of amides is 1. The van der Waals surface area contributed by atoms with Crippen molar-refractivity contribution in [2.45, 2.75) is 20.3 Å². The van der Waals surface area contributed by atoms with Crippen molar-refractivity contribution in [1.29, 1.82) is 5.26 Å². The van der Waals surface area contributed by atoms with E-state index in [9.17, 15) is 14.0 Å². The van der Waals surface area contributed by atoms with Gasteiger partial charge in [-0.25, -0.2) is 4.39 Å². The van der Waals surface area contributed by atoms with E-state index in [0.717, 1.165) is 6.07 Å². The summed E-state index contributed by atoms with van der Waals surface area (Å²) >= 11 is 0. The summed E-state index contributed by atoms with van der Waals surface area (Å²) in [5.41, 5.74) is -0.0794. The topological polar surface area (TPSA) is 61.2 Å². The predicted octanol–water partition coefficient (Wildman–Crippen LogP) is 2.29. The van der Waals surface area contributed by atoms with Gasteiger partial charge in [0.15, 0.2) is 0 Å².